The van der Waals surface area contributed by atoms with Gasteiger partial charge in [-0.2, -0.15) is 4.02 Å². The lowest BCUT2D eigenvalue weighted by molar-refractivity contribution is 0.0963. The molecule has 2 aromatic rings. The number of ketones is 1. The molecule has 0 spiro atoms. The number of ether oxygens (including phenoxy) is 1. The Kier molecular flexibility index (Phi) is 9.74. The highest BCUT2D eigenvalue weighted by molar-refractivity contribution is 9.08. The van der Waals surface area contributed by atoms with Gasteiger partial charge in [0, 0.05) is 34.7 Å². The minimum atomic E-state index is -0.297. The monoisotopic (exact) mass is 596 g/mol. The molecule has 0 saturated carbocycles. The van der Waals surface area contributed by atoms with Gasteiger partial charge in [-0.1, -0.05) is 67.0 Å². The average Bonchev–Trinajstić information content (AvgIpc) is 3.14. The number of likely N-dealkylation sites (tertiary alicyclic amines) is 1. The Morgan fingerprint density at radius 2 is 1.67 bits per heavy atom. The zero-order chi connectivity index (χ0) is 29.1. The summed E-state index contributed by atoms with van der Waals surface area (Å²) < 4.78 is 10.3. The van der Waals surface area contributed by atoms with Crippen molar-refractivity contribution >= 4 is 33.8 Å². The lowest BCUT2D eigenvalue weighted by Crippen LogP contribution is -2.32. The number of Topliss-reactive ketones (excluding diaryl/α,β-unsaturated/α-hetero) is 1. The first-order valence-corrected chi connectivity index (χ1v) is 14.7. The average molecular weight is 598 g/mol. The molecule has 6 heteroatoms. The molecular weight excluding hydrogens is 552 g/mol. The smallest absolute Gasteiger partial charge is 0.182 e. The van der Waals surface area contributed by atoms with Crippen LogP contribution in [0.15, 0.2) is 46.0 Å². The van der Waals surface area contributed by atoms with E-state index in [1.807, 2.05) is 38.1 Å². The summed E-state index contributed by atoms with van der Waals surface area (Å²) in [5.74, 6) is 2.24. The minimum absolute atomic E-state index is 0.0198. The Morgan fingerprint density at radius 3 is 2.13 bits per heavy atom. The molecule has 1 atom stereocenters. The zero-order valence-corrected chi connectivity index (χ0v) is 26.6. The van der Waals surface area contributed by atoms with Gasteiger partial charge in [0.2, 0.25) is 0 Å². The molecule has 1 heterocycles. The number of amidine groups is 1. The Morgan fingerprint density at radius 1 is 1.10 bits per heavy atom. The second-order valence-electron chi connectivity index (χ2n) is 13.0. The molecule has 3 rings (SSSR count). The van der Waals surface area contributed by atoms with Gasteiger partial charge in [-0.05, 0) is 67.0 Å². The fourth-order valence-electron chi connectivity index (χ4n) is 5.13. The van der Waals surface area contributed by atoms with Gasteiger partial charge in [0.05, 0.1) is 28.8 Å². The lowest BCUT2D eigenvalue weighted by Gasteiger charge is -2.28. The van der Waals surface area contributed by atoms with Gasteiger partial charge in [-0.25, -0.2) is 0 Å². The summed E-state index contributed by atoms with van der Waals surface area (Å²) in [7, 11) is 0. The van der Waals surface area contributed by atoms with Crippen molar-refractivity contribution in [2.24, 2.45) is 9.94 Å². The number of hydrogen-bond donors (Lipinski definition) is 1. The fraction of sp³-hybridized carbons (Fsp3) is 0.515. The van der Waals surface area contributed by atoms with E-state index in [4.69, 9.17) is 4.74 Å². The summed E-state index contributed by atoms with van der Waals surface area (Å²) in [5, 5.41) is 11.1. The molecule has 0 bridgehead atoms. The van der Waals surface area contributed by atoms with Gasteiger partial charge in [0.25, 0.3) is 0 Å². The van der Waals surface area contributed by atoms with Gasteiger partial charge in [0.15, 0.2) is 5.78 Å². The highest BCUT2D eigenvalue weighted by Gasteiger charge is 2.35. The van der Waals surface area contributed by atoms with E-state index in [9.17, 15) is 9.90 Å². The molecule has 0 aromatic heterocycles. The lowest BCUT2D eigenvalue weighted by atomic mass is 9.78. The van der Waals surface area contributed by atoms with Crippen molar-refractivity contribution in [3.63, 3.8) is 0 Å². The maximum absolute atomic E-state index is 13.8. The van der Waals surface area contributed by atoms with Gasteiger partial charge >= 0.3 is 0 Å². The maximum Gasteiger partial charge on any atom is 0.182 e. The number of phenols is 1. The summed E-state index contributed by atoms with van der Waals surface area (Å²) in [6.07, 6.45) is 4.37. The van der Waals surface area contributed by atoms with Crippen LogP contribution < -0.4 is 4.74 Å². The van der Waals surface area contributed by atoms with E-state index in [1.165, 1.54) is 0 Å². The largest absolute Gasteiger partial charge is 0.507 e. The summed E-state index contributed by atoms with van der Waals surface area (Å²) in [5.41, 5.74) is 3.83. The molecule has 1 fully saturated rings. The van der Waals surface area contributed by atoms with E-state index in [1.54, 1.807) is 0 Å². The van der Waals surface area contributed by atoms with Crippen molar-refractivity contribution in [1.29, 1.82) is 0 Å². The van der Waals surface area contributed by atoms with Gasteiger partial charge in [-0.3, -0.25) is 4.79 Å². The normalized spacial score (nSPS) is 18.4. The minimum Gasteiger partial charge on any atom is -0.507 e. The van der Waals surface area contributed by atoms with Crippen LogP contribution in [-0.4, -0.2) is 40.8 Å². The third-order valence-corrected chi connectivity index (χ3v) is 7.45. The molecule has 1 unspecified atom stereocenters. The number of hydrogen-bond acceptors (Lipinski definition) is 4. The quantitative estimate of drug-likeness (QED) is 0.310. The van der Waals surface area contributed by atoms with Crippen molar-refractivity contribution in [3.8, 4) is 11.5 Å². The van der Waals surface area contributed by atoms with Crippen LogP contribution in [0.25, 0.3) is 6.08 Å². The maximum atomic E-state index is 13.8. The number of benzene rings is 2. The molecule has 2 aromatic carbocycles. The number of phenolic OH excluding ortho intramolecular Hbond substituents is 1. The highest BCUT2D eigenvalue weighted by atomic mass is 79.9. The van der Waals surface area contributed by atoms with Crippen LogP contribution in [0.4, 0.5) is 0 Å². The van der Waals surface area contributed by atoms with E-state index in [0.29, 0.717) is 5.56 Å². The molecule has 1 aliphatic heterocycles. The predicted octanol–water partition coefficient (Wildman–Crippen LogP) is 8.48. The number of halogens is 1. The van der Waals surface area contributed by atoms with Crippen LogP contribution in [0.1, 0.15) is 102 Å². The first-order chi connectivity index (χ1) is 18.1. The fourth-order valence-corrected chi connectivity index (χ4v) is 5.56. The predicted molar refractivity (Wildman–Crippen MR) is 166 cm³/mol. The number of rotatable bonds is 8. The van der Waals surface area contributed by atoms with E-state index < -0.39 is 0 Å². The second-order valence-corrected chi connectivity index (χ2v) is 13.3. The summed E-state index contributed by atoms with van der Waals surface area (Å²) in [6, 6.07) is 11.8. The van der Waals surface area contributed by atoms with Gasteiger partial charge in [-0.15, -0.1) is 0 Å². The highest BCUT2D eigenvalue weighted by Crippen LogP contribution is 2.40. The first-order valence-electron chi connectivity index (χ1n) is 14.0. The summed E-state index contributed by atoms with van der Waals surface area (Å²) in [4.78, 5) is 15.8. The summed E-state index contributed by atoms with van der Waals surface area (Å²) >= 11 is 3.36. The van der Waals surface area contributed by atoms with Crippen LogP contribution in [0, 0.1) is 5.92 Å². The molecule has 1 N–H and O–H groups in total. The molecule has 0 amide bonds. The molecule has 5 nitrogen and oxygen atoms in total. The molecular formula is C33H45BrN2O3. The van der Waals surface area contributed by atoms with E-state index >= 15 is 0 Å². The number of nitrogens with zero attached hydrogens (tertiary/aromatic N) is 2. The van der Waals surface area contributed by atoms with Crippen LogP contribution >= 0.6 is 16.1 Å². The van der Waals surface area contributed by atoms with Crippen molar-refractivity contribution in [1.82, 2.24) is 4.90 Å². The first kappa shape index (κ1) is 30.9. The molecule has 0 aliphatic carbocycles. The molecule has 0 radical (unpaired) electrons. The second kappa shape index (κ2) is 12.3. The number of carbonyl (C=O) groups is 1. The van der Waals surface area contributed by atoms with Crippen molar-refractivity contribution in [2.75, 3.05) is 13.1 Å². The zero-order valence-electron chi connectivity index (χ0n) is 25.1. The standard InChI is InChI=1S/C33H45BrN2O3/c1-10-11-23-19-36(31(35-34)26(23)16-22-12-14-25(15-13-22)39-21(2)3)20-29(37)24-17-27(32(4,5)6)30(38)28(18-24)33(7,8)9/h12-18,21,23,38H,10-11,19-20H2,1-9H3/b26-16+,35-31-. The van der Waals surface area contributed by atoms with Crippen LogP contribution in [0.3, 0.4) is 0 Å². The third-order valence-electron chi connectivity index (χ3n) is 7.11. The SMILES string of the molecule is CCCC1CN(CC(=O)c2cc(C(C)(C)C)c(O)c(C(C)(C)C)c2)C(=N\Br)/C1=C/c1ccc(OC(C)C)cc1. The van der Waals surface area contributed by atoms with Crippen molar-refractivity contribution in [2.45, 2.75) is 92.1 Å². The molecule has 212 valence electrons. The van der Waals surface area contributed by atoms with E-state index in [-0.39, 0.29) is 40.9 Å². The van der Waals surface area contributed by atoms with Crippen LogP contribution in [-0.2, 0) is 10.8 Å². The van der Waals surface area contributed by atoms with Crippen LogP contribution in [0.2, 0.25) is 0 Å². The summed E-state index contributed by atoms with van der Waals surface area (Å²) in [6.45, 7) is 19.6. The van der Waals surface area contributed by atoms with Crippen molar-refractivity contribution in [3.05, 3.63) is 64.2 Å². The van der Waals surface area contributed by atoms with Crippen molar-refractivity contribution < 1.29 is 14.6 Å². The third kappa shape index (κ3) is 7.53. The number of aromatic hydroxyl groups is 1. The Balaban J connectivity index is 1.94. The molecule has 1 saturated heterocycles. The van der Waals surface area contributed by atoms with Gasteiger partial charge < -0.3 is 14.7 Å². The number of carbonyl (C=O) groups excluding carboxylic acids is 1. The molecule has 1 aliphatic rings. The topological polar surface area (TPSA) is 62.1 Å². The molecule has 39 heavy (non-hydrogen) atoms. The van der Waals surface area contributed by atoms with Gasteiger partial charge in [0.1, 0.15) is 17.3 Å². The Bertz CT molecular complexity index is 1200. The van der Waals surface area contributed by atoms with E-state index in [2.05, 4.69) is 91.7 Å². The Hall–Kier alpha value is -2.60. The Labute approximate surface area is 243 Å². The van der Waals surface area contributed by atoms with Crippen LogP contribution in [0.5, 0.6) is 11.5 Å². The van der Waals surface area contributed by atoms with E-state index in [0.717, 1.165) is 53.2 Å².